The zero-order valence-electron chi connectivity index (χ0n) is 17.0. The molecule has 1 N–H and O–H groups in total. The zero-order valence-corrected chi connectivity index (χ0v) is 17.0. The van der Waals surface area contributed by atoms with Gasteiger partial charge in [-0.1, -0.05) is 18.2 Å². The van der Waals surface area contributed by atoms with Crippen LogP contribution in [0.5, 0.6) is 11.6 Å². The molecule has 0 bridgehead atoms. The van der Waals surface area contributed by atoms with Crippen molar-refractivity contribution in [3.63, 3.8) is 0 Å². The number of nitrogens with one attached hydrogen (secondary N) is 1. The van der Waals surface area contributed by atoms with Gasteiger partial charge in [0.2, 0.25) is 11.8 Å². The predicted octanol–water partition coefficient (Wildman–Crippen LogP) is 4.39. The zero-order chi connectivity index (χ0) is 21.8. The Bertz CT molecular complexity index is 1220. The van der Waals surface area contributed by atoms with E-state index in [0.717, 1.165) is 11.4 Å². The number of amides is 1. The molecule has 7 nitrogen and oxygen atoms in total. The van der Waals surface area contributed by atoms with E-state index >= 15 is 0 Å². The molecule has 0 saturated heterocycles. The molecular formula is C23H20FN5O2. The molecule has 0 spiro atoms. The first kappa shape index (κ1) is 20.2. The summed E-state index contributed by atoms with van der Waals surface area (Å²) < 4.78 is 21.4. The van der Waals surface area contributed by atoms with Gasteiger partial charge in [0.05, 0.1) is 12.1 Å². The number of rotatable bonds is 6. The molecule has 0 saturated carbocycles. The van der Waals surface area contributed by atoms with Crippen LogP contribution in [0.4, 0.5) is 10.1 Å². The minimum absolute atomic E-state index is 0.0399. The third kappa shape index (κ3) is 4.75. The topological polar surface area (TPSA) is 81.9 Å². The fraction of sp³-hybridized carbons (Fsp3) is 0.130. The Balaban J connectivity index is 1.41. The molecule has 4 aromatic rings. The first-order chi connectivity index (χ1) is 15.0. The lowest BCUT2D eigenvalue weighted by atomic mass is 10.1. The summed E-state index contributed by atoms with van der Waals surface area (Å²) in [6.07, 6.45) is 3.09. The summed E-state index contributed by atoms with van der Waals surface area (Å²) in [7, 11) is 0. The summed E-state index contributed by atoms with van der Waals surface area (Å²) in [5.74, 6) is 0.888. The van der Waals surface area contributed by atoms with Crippen molar-refractivity contribution in [1.82, 2.24) is 19.5 Å². The van der Waals surface area contributed by atoms with Gasteiger partial charge in [-0.3, -0.25) is 9.36 Å². The Morgan fingerprint density at radius 1 is 1.06 bits per heavy atom. The highest BCUT2D eigenvalue weighted by molar-refractivity contribution is 5.92. The number of carbonyl (C=O) groups is 1. The summed E-state index contributed by atoms with van der Waals surface area (Å²) in [5.41, 5.74) is 2.85. The van der Waals surface area contributed by atoms with E-state index in [-0.39, 0.29) is 12.3 Å². The van der Waals surface area contributed by atoms with Crippen molar-refractivity contribution in [1.29, 1.82) is 0 Å². The van der Waals surface area contributed by atoms with Crippen LogP contribution in [0, 0.1) is 19.7 Å². The molecule has 2 aromatic heterocycles. The van der Waals surface area contributed by atoms with Crippen LogP contribution in [-0.4, -0.2) is 25.4 Å². The molecule has 0 atom stereocenters. The summed E-state index contributed by atoms with van der Waals surface area (Å²) in [6.45, 7) is 3.89. The second kappa shape index (κ2) is 8.74. The molecule has 0 aliphatic heterocycles. The Morgan fingerprint density at radius 2 is 1.84 bits per heavy atom. The molecule has 0 unspecified atom stereocenters. The van der Waals surface area contributed by atoms with E-state index in [2.05, 4.69) is 20.3 Å². The molecule has 0 fully saturated rings. The Labute approximate surface area is 178 Å². The van der Waals surface area contributed by atoms with E-state index < -0.39 is 5.82 Å². The first-order valence-electron chi connectivity index (χ1n) is 9.64. The fourth-order valence-corrected chi connectivity index (χ4v) is 2.99. The van der Waals surface area contributed by atoms with Gasteiger partial charge in [-0.15, -0.1) is 0 Å². The highest BCUT2D eigenvalue weighted by atomic mass is 19.1. The minimum atomic E-state index is -0.397. The van der Waals surface area contributed by atoms with E-state index in [1.54, 1.807) is 54.9 Å². The van der Waals surface area contributed by atoms with E-state index in [1.165, 1.54) is 12.4 Å². The van der Waals surface area contributed by atoms with Gasteiger partial charge in [-0.05, 0) is 49.7 Å². The average molecular weight is 417 g/mol. The van der Waals surface area contributed by atoms with Gasteiger partial charge in [-0.2, -0.15) is 0 Å². The molecular weight excluding hydrogens is 397 g/mol. The lowest BCUT2D eigenvalue weighted by molar-refractivity contribution is -0.115. The van der Waals surface area contributed by atoms with Gasteiger partial charge in [0, 0.05) is 17.4 Å². The number of benzene rings is 2. The van der Waals surface area contributed by atoms with Gasteiger partial charge < -0.3 is 10.1 Å². The number of aromatic nitrogens is 4. The number of hydrogen-bond donors (Lipinski definition) is 1. The maximum atomic E-state index is 13.7. The number of anilines is 1. The third-order valence-electron chi connectivity index (χ3n) is 4.80. The number of nitrogens with zero attached hydrogens (tertiary/aromatic N) is 4. The van der Waals surface area contributed by atoms with Crippen LogP contribution >= 0.6 is 0 Å². The van der Waals surface area contributed by atoms with Crippen LogP contribution in [0.2, 0.25) is 0 Å². The lowest BCUT2D eigenvalue weighted by Crippen LogP contribution is -2.15. The summed E-state index contributed by atoms with van der Waals surface area (Å²) in [4.78, 5) is 24.9. The minimum Gasteiger partial charge on any atom is -0.439 e. The summed E-state index contributed by atoms with van der Waals surface area (Å²) >= 11 is 0. The van der Waals surface area contributed by atoms with Crippen molar-refractivity contribution in [3.05, 3.63) is 90.0 Å². The van der Waals surface area contributed by atoms with E-state index in [0.29, 0.717) is 28.7 Å². The molecule has 2 aromatic carbocycles. The van der Waals surface area contributed by atoms with E-state index in [1.807, 2.05) is 18.4 Å². The van der Waals surface area contributed by atoms with Crippen molar-refractivity contribution in [2.75, 3.05) is 5.32 Å². The largest absolute Gasteiger partial charge is 0.439 e. The van der Waals surface area contributed by atoms with Crippen LogP contribution in [0.1, 0.15) is 17.0 Å². The number of imidazole rings is 1. The number of hydrogen-bond acceptors (Lipinski definition) is 5. The fourth-order valence-electron chi connectivity index (χ4n) is 2.99. The van der Waals surface area contributed by atoms with Crippen molar-refractivity contribution < 1.29 is 13.9 Å². The number of aryl methyl sites for hydroxylation is 1. The highest BCUT2D eigenvalue weighted by Crippen LogP contribution is 2.23. The van der Waals surface area contributed by atoms with Crippen molar-refractivity contribution in [3.8, 4) is 17.4 Å². The Kier molecular flexibility index (Phi) is 5.70. The molecule has 4 rings (SSSR count). The second-order valence-corrected chi connectivity index (χ2v) is 6.94. The molecule has 8 heteroatoms. The normalized spacial score (nSPS) is 10.7. The smallest absolute Gasteiger partial charge is 0.228 e. The van der Waals surface area contributed by atoms with Crippen LogP contribution in [0.15, 0.2) is 67.3 Å². The average Bonchev–Trinajstić information content (AvgIpc) is 3.10. The maximum Gasteiger partial charge on any atom is 0.228 e. The molecule has 2 heterocycles. The molecule has 1 amide bonds. The van der Waals surface area contributed by atoms with Crippen LogP contribution < -0.4 is 10.1 Å². The third-order valence-corrected chi connectivity index (χ3v) is 4.80. The molecule has 31 heavy (non-hydrogen) atoms. The van der Waals surface area contributed by atoms with Crippen molar-refractivity contribution >= 4 is 11.6 Å². The number of ether oxygens (including phenoxy) is 1. The quantitative estimate of drug-likeness (QED) is 0.503. The van der Waals surface area contributed by atoms with Crippen LogP contribution in [-0.2, 0) is 11.2 Å². The van der Waals surface area contributed by atoms with Gasteiger partial charge >= 0.3 is 0 Å². The maximum absolute atomic E-state index is 13.7. The number of carbonyl (C=O) groups excluding carboxylic acids is 1. The van der Waals surface area contributed by atoms with Gasteiger partial charge in [0.25, 0.3) is 0 Å². The molecule has 0 radical (unpaired) electrons. The van der Waals surface area contributed by atoms with Crippen molar-refractivity contribution in [2.24, 2.45) is 0 Å². The lowest BCUT2D eigenvalue weighted by Gasteiger charge is -2.09. The van der Waals surface area contributed by atoms with Gasteiger partial charge in [0.15, 0.2) is 0 Å². The first-order valence-corrected chi connectivity index (χ1v) is 9.64. The van der Waals surface area contributed by atoms with Gasteiger partial charge in [0.1, 0.15) is 30.0 Å². The Morgan fingerprint density at radius 3 is 2.55 bits per heavy atom. The Hall–Kier alpha value is -4.07. The van der Waals surface area contributed by atoms with E-state index in [4.69, 9.17) is 4.74 Å². The predicted molar refractivity (Wildman–Crippen MR) is 114 cm³/mol. The summed E-state index contributed by atoms with van der Waals surface area (Å²) in [5, 5.41) is 2.75. The van der Waals surface area contributed by atoms with Gasteiger partial charge in [-0.25, -0.2) is 19.3 Å². The molecule has 0 aliphatic rings. The van der Waals surface area contributed by atoms with Crippen LogP contribution in [0.3, 0.4) is 0 Å². The highest BCUT2D eigenvalue weighted by Gasteiger charge is 2.10. The standard InChI is InChI=1S/C23H20FN5O2/c1-15-16(2)29(14-27-15)21-12-23(26-13-25-21)31-19-9-7-18(8-10-19)28-22(30)11-17-5-3-4-6-20(17)24/h3-10,12-14H,11H2,1-2H3,(H,28,30). The molecule has 0 aliphatic carbocycles. The second-order valence-electron chi connectivity index (χ2n) is 6.94. The van der Waals surface area contributed by atoms with Crippen molar-refractivity contribution in [2.45, 2.75) is 20.3 Å². The SMILES string of the molecule is Cc1ncn(-c2cc(Oc3ccc(NC(=O)Cc4ccccc4F)cc3)ncn2)c1C. The number of halogens is 1. The monoisotopic (exact) mass is 417 g/mol. The van der Waals surface area contributed by atoms with E-state index in [9.17, 15) is 9.18 Å². The summed E-state index contributed by atoms with van der Waals surface area (Å²) in [6, 6.07) is 14.8. The van der Waals surface area contributed by atoms with Crippen LogP contribution in [0.25, 0.3) is 5.82 Å². The molecule has 156 valence electrons.